The van der Waals surface area contributed by atoms with Crippen molar-refractivity contribution >= 4 is 23.3 Å². The predicted molar refractivity (Wildman–Crippen MR) is 63.4 cm³/mol. The molecule has 0 saturated heterocycles. The number of hydrogen-bond acceptors (Lipinski definition) is 2. The number of ketones is 1. The fourth-order valence-electron chi connectivity index (χ4n) is 1.33. The molecule has 0 unspecified atom stereocenters. The quantitative estimate of drug-likeness (QED) is 0.822. The molecule has 3 nitrogen and oxygen atoms in total. The minimum Gasteiger partial charge on any atom is -0.355 e. The number of halogens is 2. The molecule has 5 heteroatoms. The van der Waals surface area contributed by atoms with E-state index < -0.39 is 5.82 Å². The highest BCUT2D eigenvalue weighted by Crippen LogP contribution is 2.15. The van der Waals surface area contributed by atoms with Gasteiger partial charge in [-0.05, 0) is 31.0 Å². The van der Waals surface area contributed by atoms with Crippen LogP contribution in [0.25, 0.3) is 0 Å². The zero-order valence-corrected chi connectivity index (χ0v) is 10.2. The number of nitrogens with one attached hydrogen (secondary N) is 1. The Bertz CT molecular complexity index is 435. The lowest BCUT2D eigenvalue weighted by Crippen LogP contribution is -2.27. The van der Waals surface area contributed by atoms with Gasteiger partial charge in [-0.2, -0.15) is 0 Å². The van der Waals surface area contributed by atoms with Crippen molar-refractivity contribution in [3.05, 3.63) is 34.6 Å². The lowest BCUT2D eigenvalue weighted by Gasteiger charge is -2.04. The number of Topliss-reactive ketones (excluding diaryl/α,β-unsaturated/α-hetero) is 1. The first-order valence-corrected chi connectivity index (χ1v) is 5.57. The van der Waals surface area contributed by atoms with E-state index in [1.54, 1.807) is 6.07 Å². The van der Waals surface area contributed by atoms with Gasteiger partial charge in [0.2, 0.25) is 5.91 Å². The van der Waals surface area contributed by atoms with Crippen LogP contribution in [0, 0.1) is 5.82 Å². The van der Waals surface area contributed by atoms with Crippen LogP contribution in [0.5, 0.6) is 0 Å². The Morgan fingerprint density at radius 2 is 2.12 bits per heavy atom. The summed E-state index contributed by atoms with van der Waals surface area (Å²) in [4.78, 5) is 21.8. The number of benzene rings is 1. The van der Waals surface area contributed by atoms with Crippen LogP contribution in [0.3, 0.4) is 0 Å². The van der Waals surface area contributed by atoms with E-state index in [0.29, 0.717) is 13.0 Å². The van der Waals surface area contributed by atoms with Gasteiger partial charge < -0.3 is 5.32 Å². The van der Waals surface area contributed by atoms with Crippen LogP contribution in [-0.2, 0) is 16.0 Å². The van der Waals surface area contributed by atoms with Gasteiger partial charge >= 0.3 is 0 Å². The van der Waals surface area contributed by atoms with Gasteiger partial charge in [0.1, 0.15) is 11.6 Å². The summed E-state index contributed by atoms with van der Waals surface area (Å²) in [5, 5.41) is 2.67. The molecule has 0 atom stereocenters. The average molecular weight is 258 g/mol. The Morgan fingerprint density at radius 3 is 2.71 bits per heavy atom. The molecule has 0 spiro atoms. The van der Waals surface area contributed by atoms with Crippen molar-refractivity contribution in [2.24, 2.45) is 0 Å². The standard InChI is InChI=1S/C12H13ClFNO2/c1-8(16)6-12(17)15-5-4-9-2-3-11(14)10(13)7-9/h2-3,7H,4-6H2,1H3,(H,15,17). The van der Waals surface area contributed by atoms with Crippen LogP contribution in [0.2, 0.25) is 5.02 Å². The second kappa shape index (κ2) is 6.35. The van der Waals surface area contributed by atoms with Gasteiger partial charge in [0.15, 0.2) is 0 Å². The first kappa shape index (κ1) is 13.6. The van der Waals surface area contributed by atoms with Gasteiger partial charge in [-0.25, -0.2) is 4.39 Å². The number of rotatable bonds is 5. The average Bonchev–Trinajstić information content (AvgIpc) is 2.22. The van der Waals surface area contributed by atoms with Crippen molar-refractivity contribution in [2.75, 3.05) is 6.54 Å². The van der Waals surface area contributed by atoms with Crippen LogP contribution in [0.1, 0.15) is 18.9 Å². The van der Waals surface area contributed by atoms with Gasteiger partial charge in [-0.3, -0.25) is 9.59 Å². The lowest BCUT2D eigenvalue weighted by atomic mass is 10.1. The molecule has 0 radical (unpaired) electrons. The predicted octanol–water partition coefficient (Wildman–Crippen LogP) is 2.12. The molecule has 0 aromatic heterocycles. The summed E-state index contributed by atoms with van der Waals surface area (Å²) in [6, 6.07) is 4.42. The highest BCUT2D eigenvalue weighted by molar-refractivity contribution is 6.30. The minimum atomic E-state index is -0.462. The fourth-order valence-corrected chi connectivity index (χ4v) is 1.53. The van der Waals surface area contributed by atoms with Gasteiger partial charge in [0, 0.05) is 6.54 Å². The monoisotopic (exact) mass is 257 g/mol. The molecule has 1 rings (SSSR count). The maximum absolute atomic E-state index is 12.9. The van der Waals surface area contributed by atoms with Gasteiger partial charge in [0.05, 0.1) is 11.4 Å². The molecule has 0 heterocycles. The van der Waals surface area contributed by atoms with E-state index in [1.165, 1.54) is 19.1 Å². The molecule has 0 aliphatic carbocycles. The Labute approximate surface area is 104 Å². The molecule has 1 N–H and O–H groups in total. The summed E-state index contributed by atoms with van der Waals surface area (Å²) < 4.78 is 12.9. The fraction of sp³-hybridized carbons (Fsp3) is 0.333. The summed E-state index contributed by atoms with van der Waals surface area (Å²) in [5.74, 6) is -0.936. The lowest BCUT2D eigenvalue weighted by molar-refractivity contribution is -0.127. The highest BCUT2D eigenvalue weighted by atomic mass is 35.5. The first-order chi connectivity index (χ1) is 7.99. The maximum Gasteiger partial charge on any atom is 0.227 e. The van der Waals surface area contributed by atoms with Crippen molar-refractivity contribution in [2.45, 2.75) is 19.8 Å². The van der Waals surface area contributed by atoms with Crippen LogP contribution in [0.4, 0.5) is 4.39 Å². The molecule has 1 amide bonds. The van der Waals surface area contributed by atoms with Crippen LogP contribution in [0.15, 0.2) is 18.2 Å². The van der Waals surface area contributed by atoms with E-state index in [-0.39, 0.29) is 23.1 Å². The minimum absolute atomic E-state index is 0.0672. The van der Waals surface area contributed by atoms with Crippen LogP contribution >= 0.6 is 11.6 Å². The molecular formula is C12H13ClFNO2. The second-order valence-electron chi connectivity index (χ2n) is 3.73. The smallest absolute Gasteiger partial charge is 0.227 e. The van der Waals surface area contributed by atoms with Gasteiger partial charge in [-0.1, -0.05) is 17.7 Å². The molecule has 0 saturated carbocycles. The van der Waals surface area contributed by atoms with E-state index in [4.69, 9.17) is 11.6 Å². The maximum atomic E-state index is 12.9. The Balaban J connectivity index is 2.38. The zero-order valence-electron chi connectivity index (χ0n) is 9.43. The van der Waals surface area contributed by atoms with Crippen molar-refractivity contribution in [3.63, 3.8) is 0 Å². The molecule has 0 fully saturated rings. The molecule has 1 aromatic rings. The van der Waals surface area contributed by atoms with Crippen LogP contribution < -0.4 is 5.32 Å². The van der Waals surface area contributed by atoms with Crippen molar-refractivity contribution in [1.29, 1.82) is 0 Å². The summed E-state index contributed by atoms with van der Waals surface area (Å²) in [6.45, 7) is 1.76. The molecule has 92 valence electrons. The van der Waals surface area contributed by atoms with E-state index in [0.717, 1.165) is 5.56 Å². The van der Waals surface area contributed by atoms with Crippen LogP contribution in [-0.4, -0.2) is 18.2 Å². The third-order valence-electron chi connectivity index (χ3n) is 2.13. The molecule has 17 heavy (non-hydrogen) atoms. The largest absolute Gasteiger partial charge is 0.355 e. The third kappa shape index (κ3) is 4.95. The molecule has 0 aliphatic rings. The topological polar surface area (TPSA) is 46.2 Å². The summed E-state index contributed by atoms with van der Waals surface area (Å²) in [5.41, 5.74) is 0.833. The molecule has 1 aromatic carbocycles. The van der Waals surface area contributed by atoms with Gasteiger partial charge in [-0.15, -0.1) is 0 Å². The van der Waals surface area contributed by atoms with Crippen molar-refractivity contribution in [3.8, 4) is 0 Å². The SMILES string of the molecule is CC(=O)CC(=O)NCCc1ccc(F)c(Cl)c1. The van der Waals surface area contributed by atoms with Gasteiger partial charge in [0.25, 0.3) is 0 Å². The van der Waals surface area contributed by atoms with E-state index >= 15 is 0 Å². The first-order valence-electron chi connectivity index (χ1n) is 5.19. The number of carbonyl (C=O) groups excluding carboxylic acids is 2. The Kier molecular flexibility index (Phi) is 5.10. The highest BCUT2D eigenvalue weighted by Gasteiger charge is 2.05. The molecule has 0 aliphatic heterocycles. The number of amides is 1. The summed E-state index contributed by atoms with van der Waals surface area (Å²) in [7, 11) is 0. The third-order valence-corrected chi connectivity index (χ3v) is 2.42. The van der Waals surface area contributed by atoms with E-state index in [2.05, 4.69) is 5.32 Å². The van der Waals surface area contributed by atoms with E-state index in [9.17, 15) is 14.0 Å². The Morgan fingerprint density at radius 1 is 1.41 bits per heavy atom. The second-order valence-corrected chi connectivity index (χ2v) is 4.13. The number of hydrogen-bond donors (Lipinski definition) is 1. The Hall–Kier alpha value is -1.42. The molecular weight excluding hydrogens is 245 g/mol. The summed E-state index contributed by atoms with van der Waals surface area (Å²) >= 11 is 5.62. The summed E-state index contributed by atoms with van der Waals surface area (Å²) in [6.07, 6.45) is 0.438. The zero-order chi connectivity index (χ0) is 12.8. The van der Waals surface area contributed by atoms with Crippen molar-refractivity contribution < 1.29 is 14.0 Å². The van der Waals surface area contributed by atoms with Crippen molar-refractivity contribution in [1.82, 2.24) is 5.32 Å². The number of carbonyl (C=O) groups is 2. The normalized spacial score (nSPS) is 10.1. The van der Waals surface area contributed by atoms with E-state index in [1.807, 2.05) is 0 Å². The molecule has 0 bridgehead atoms.